The van der Waals surface area contributed by atoms with Gasteiger partial charge in [0.15, 0.2) is 0 Å². The van der Waals surface area contributed by atoms with Gasteiger partial charge in [-0.2, -0.15) is 0 Å². The van der Waals surface area contributed by atoms with Crippen LogP contribution in [0.15, 0.2) is 36.9 Å². The van der Waals surface area contributed by atoms with E-state index in [1.165, 1.54) is 18.4 Å². The van der Waals surface area contributed by atoms with Crippen molar-refractivity contribution in [2.45, 2.75) is 32.2 Å². The van der Waals surface area contributed by atoms with Gasteiger partial charge in [-0.1, -0.05) is 24.3 Å². The number of imidazole rings is 1. The van der Waals surface area contributed by atoms with Crippen molar-refractivity contribution in [1.29, 1.82) is 0 Å². The molecule has 1 aromatic carbocycles. The summed E-state index contributed by atoms with van der Waals surface area (Å²) >= 11 is 0. The van der Waals surface area contributed by atoms with Crippen molar-refractivity contribution >= 4 is 5.82 Å². The molecule has 98 valence electrons. The monoisotopic (exact) mass is 253 g/mol. The molecule has 2 N–H and O–H groups in total. The van der Waals surface area contributed by atoms with Crippen molar-refractivity contribution < 1.29 is 0 Å². The maximum atomic E-state index is 6.22. The van der Waals surface area contributed by atoms with E-state index in [4.69, 9.17) is 5.73 Å². The molecule has 1 heterocycles. The highest BCUT2D eigenvalue weighted by molar-refractivity contribution is 5.71. The second-order valence-electron chi connectivity index (χ2n) is 5.19. The lowest BCUT2D eigenvalue weighted by molar-refractivity contribution is 0.792. The minimum Gasteiger partial charge on any atom is -0.383 e. The van der Waals surface area contributed by atoms with Crippen LogP contribution in [0, 0.1) is 6.92 Å². The summed E-state index contributed by atoms with van der Waals surface area (Å²) in [6.45, 7) is 6.44. The van der Waals surface area contributed by atoms with Crippen molar-refractivity contribution in [3.8, 4) is 11.3 Å². The number of hydrogen-bond donors (Lipinski definition) is 1. The third kappa shape index (κ3) is 2.16. The number of rotatable bonds is 4. The zero-order valence-corrected chi connectivity index (χ0v) is 11.3. The maximum absolute atomic E-state index is 6.22. The van der Waals surface area contributed by atoms with Gasteiger partial charge in [0.05, 0.1) is 0 Å². The van der Waals surface area contributed by atoms with Gasteiger partial charge in [0, 0.05) is 12.1 Å². The molecule has 1 aliphatic rings. The number of nitrogens with zero attached hydrogens (tertiary/aromatic N) is 2. The highest BCUT2D eigenvalue weighted by atomic mass is 15.1. The maximum Gasteiger partial charge on any atom is 0.132 e. The molecule has 1 fully saturated rings. The summed E-state index contributed by atoms with van der Waals surface area (Å²) in [5.74, 6) is 2.41. The molecule has 1 aliphatic carbocycles. The first-order valence-corrected chi connectivity index (χ1v) is 6.74. The normalized spacial score (nSPS) is 14.6. The van der Waals surface area contributed by atoms with E-state index in [0.717, 1.165) is 28.8 Å². The largest absolute Gasteiger partial charge is 0.383 e. The first-order chi connectivity index (χ1) is 9.20. The fourth-order valence-corrected chi connectivity index (χ4v) is 2.51. The number of nitrogen functional groups attached to an aromatic ring is 1. The first kappa shape index (κ1) is 12.0. The zero-order chi connectivity index (χ0) is 13.4. The molecule has 3 rings (SSSR count). The van der Waals surface area contributed by atoms with Gasteiger partial charge in [-0.15, -0.1) is 6.58 Å². The van der Waals surface area contributed by atoms with Crippen molar-refractivity contribution in [3.63, 3.8) is 0 Å². The Balaban J connectivity index is 2.03. The second-order valence-corrected chi connectivity index (χ2v) is 5.19. The second kappa shape index (κ2) is 4.57. The zero-order valence-electron chi connectivity index (χ0n) is 11.3. The van der Waals surface area contributed by atoms with Gasteiger partial charge in [-0.3, -0.25) is 0 Å². The van der Waals surface area contributed by atoms with Crippen LogP contribution in [0.25, 0.3) is 11.3 Å². The number of allylic oxidation sites excluding steroid dienone is 1. The third-order valence-electron chi connectivity index (χ3n) is 3.72. The molecule has 1 aromatic heterocycles. The van der Waals surface area contributed by atoms with E-state index in [9.17, 15) is 0 Å². The van der Waals surface area contributed by atoms with Crippen LogP contribution in [-0.2, 0) is 6.54 Å². The van der Waals surface area contributed by atoms with Crippen LogP contribution >= 0.6 is 0 Å². The molecular formula is C16H19N3. The molecule has 1 saturated carbocycles. The number of aromatic nitrogens is 2. The topological polar surface area (TPSA) is 43.8 Å². The first-order valence-electron chi connectivity index (χ1n) is 6.74. The van der Waals surface area contributed by atoms with E-state index in [-0.39, 0.29) is 0 Å². The molecule has 0 radical (unpaired) electrons. The number of hydrogen-bond acceptors (Lipinski definition) is 2. The quantitative estimate of drug-likeness (QED) is 0.847. The summed E-state index contributed by atoms with van der Waals surface area (Å²) in [5.41, 5.74) is 9.64. The summed E-state index contributed by atoms with van der Waals surface area (Å²) in [4.78, 5) is 4.61. The molecule has 0 saturated heterocycles. The molecule has 0 amide bonds. The predicted molar refractivity (Wildman–Crippen MR) is 79.0 cm³/mol. The highest BCUT2D eigenvalue weighted by Gasteiger charge is 2.24. The Kier molecular flexibility index (Phi) is 2.90. The highest BCUT2D eigenvalue weighted by Crippen LogP contribution is 2.41. The van der Waals surface area contributed by atoms with Crippen LogP contribution in [0.1, 0.15) is 30.1 Å². The van der Waals surface area contributed by atoms with E-state index >= 15 is 0 Å². The Hall–Kier alpha value is -2.03. The van der Waals surface area contributed by atoms with Crippen LogP contribution in [0.5, 0.6) is 0 Å². The molecule has 0 spiro atoms. The van der Waals surface area contributed by atoms with E-state index in [1.807, 2.05) is 17.6 Å². The van der Waals surface area contributed by atoms with Gasteiger partial charge in [0.1, 0.15) is 17.3 Å². The minimum absolute atomic E-state index is 0.701. The minimum atomic E-state index is 0.701. The van der Waals surface area contributed by atoms with Crippen LogP contribution in [0.3, 0.4) is 0 Å². The molecule has 2 aromatic rings. The summed E-state index contributed by atoms with van der Waals surface area (Å²) in [6, 6.07) is 8.62. The van der Waals surface area contributed by atoms with Gasteiger partial charge in [0.2, 0.25) is 0 Å². The predicted octanol–water partition coefficient (Wildman–Crippen LogP) is 3.50. The summed E-state index contributed by atoms with van der Waals surface area (Å²) in [6.07, 6.45) is 4.46. The lowest BCUT2D eigenvalue weighted by atomic mass is 10.1. The SMILES string of the molecule is C=CCn1c(C)nc(-c2cccc(C3CC3)c2)c1N. The average molecular weight is 253 g/mol. The molecule has 19 heavy (non-hydrogen) atoms. The third-order valence-corrected chi connectivity index (χ3v) is 3.72. The molecule has 0 atom stereocenters. The fraction of sp³-hybridized carbons (Fsp3) is 0.312. The Bertz CT molecular complexity index is 621. The van der Waals surface area contributed by atoms with E-state index in [1.54, 1.807) is 0 Å². The lowest BCUT2D eigenvalue weighted by Crippen LogP contribution is -2.03. The lowest BCUT2D eigenvalue weighted by Gasteiger charge is -2.05. The Morgan fingerprint density at radius 1 is 1.47 bits per heavy atom. The molecule has 0 aliphatic heterocycles. The van der Waals surface area contributed by atoms with Crippen molar-refractivity contribution in [2.75, 3.05) is 5.73 Å². The summed E-state index contributed by atoms with van der Waals surface area (Å²) in [7, 11) is 0. The average Bonchev–Trinajstić information content (AvgIpc) is 3.22. The summed E-state index contributed by atoms with van der Waals surface area (Å²) < 4.78 is 1.99. The fourth-order valence-electron chi connectivity index (χ4n) is 2.51. The van der Waals surface area contributed by atoms with Crippen molar-refractivity contribution in [3.05, 3.63) is 48.3 Å². The smallest absolute Gasteiger partial charge is 0.132 e. The van der Waals surface area contributed by atoms with Crippen LogP contribution in [0.2, 0.25) is 0 Å². The van der Waals surface area contributed by atoms with Gasteiger partial charge >= 0.3 is 0 Å². The van der Waals surface area contributed by atoms with E-state index in [2.05, 4.69) is 35.8 Å². The number of aryl methyl sites for hydroxylation is 1. The van der Waals surface area contributed by atoms with Gasteiger partial charge < -0.3 is 10.3 Å². The standard InChI is InChI=1S/C16H19N3/c1-3-9-19-11(2)18-15(16(19)17)14-6-4-5-13(10-14)12-7-8-12/h3-6,10,12H,1,7-9,17H2,2H3. The Morgan fingerprint density at radius 3 is 2.95 bits per heavy atom. The van der Waals surface area contributed by atoms with Gasteiger partial charge in [-0.25, -0.2) is 4.98 Å². The number of benzene rings is 1. The molecule has 3 nitrogen and oxygen atoms in total. The molecule has 3 heteroatoms. The van der Waals surface area contributed by atoms with Crippen LogP contribution in [-0.4, -0.2) is 9.55 Å². The summed E-state index contributed by atoms with van der Waals surface area (Å²) in [5, 5.41) is 0. The van der Waals surface area contributed by atoms with Crippen molar-refractivity contribution in [1.82, 2.24) is 9.55 Å². The number of anilines is 1. The van der Waals surface area contributed by atoms with Crippen LogP contribution < -0.4 is 5.73 Å². The van der Waals surface area contributed by atoms with Gasteiger partial charge in [-0.05, 0) is 37.3 Å². The van der Waals surface area contributed by atoms with Gasteiger partial charge in [0.25, 0.3) is 0 Å². The molecule has 0 unspecified atom stereocenters. The van der Waals surface area contributed by atoms with E-state index < -0.39 is 0 Å². The Labute approximate surface area is 113 Å². The van der Waals surface area contributed by atoms with Crippen molar-refractivity contribution in [2.24, 2.45) is 0 Å². The Morgan fingerprint density at radius 2 is 2.26 bits per heavy atom. The van der Waals surface area contributed by atoms with Crippen LogP contribution in [0.4, 0.5) is 5.82 Å². The number of nitrogens with two attached hydrogens (primary N) is 1. The molecule has 0 bridgehead atoms. The molecular weight excluding hydrogens is 234 g/mol. The van der Waals surface area contributed by atoms with E-state index in [0.29, 0.717) is 6.54 Å².